The van der Waals surface area contributed by atoms with Crippen LogP contribution in [-0.4, -0.2) is 4.57 Å². The van der Waals surface area contributed by atoms with Gasteiger partial charge < -0.3 is 0 Å². The third-order valence-electron chi connectivity index (χ3n) is 3.80. The Bertz CT molecular complexity index is 729. The summed E-state index contributed by atoms with van der Waals surface area (Å²) in [6.45, 7) is 4.18. The lowest BCUT2D eigenvalue weighted by atomic mass is 10.2. The first-order valence-corrected chi connectivity index (χ1v) is 7.87. The number of imidazole rings is 1. The number of halogens is 1. The van der Waals surface area contributed by atoms with E-state index in [2.05, 4.69) is 58.8 Å². The van der Waals surface area contributed by atoms with Gasteiger partial charge in [-0.15, -0.1) is 0 Å². The summed E-state index contributed by atoms with van der Waals surface area (Å²) in [5.41, 5.74) is 3.85. The molecule has 0 aliphatic rings. The zero-order chi connectivity index (χ0) is 14.7. The van der Waals surface area contributed by atoms with Gasteiger partial charge in [-0.3, -0.25) is 0 Å². The first-order chi connectivity index (χ1) is 10.3. The zero-order valence-corrected chi connectivity index (χ0v) is 13.1. The highest BCUT2D eigenvalue weighted by atomic mass is 35.5. The number of hydrogen-bond donors (Lipinski definition) is 0. The molecule has 1 heterocycles. The second kappa shape index (κ2) is 6.31. The third kappa shape index (κ3) is 3.11. The number of nitrogens with zero attached hydrogens (tertiary/aromatic N) is 2. The Balaban J connectivity index is 1.96. The van der Waals surface area contributed by atoms with Crippen molar-refractivity contribution < 1.29 is 4.57 Å². The molecule has 0 aliphatic heterocycles. The Kier molecular flexibility index (Phi) is 4.26. The van der Waals surface area contributed by atoms with E-state index in [0.717, 1.165) is 18.1 Å². The fraction of sp³-hybridized carbons (Fsp3) is 0.278. The number of fused-ring (bicyclic) bond motifs is 1. The van der Waals surface area contributed by atoms with Crippen molar-refractivity contribution in [2.45, 2.75) is 32.9 Å². The standard InChI is InChI=1S/C18H20ClN2/c1-2-3-12-20-14-21(18-7-5-4-6-17(18)20)13-15-8-10-16(19)11-9-15/h4-11,14H,2-3,12-13H2,1H3/q+1. The van der Waals surface area contributed by atoms with E-state index in [9.17, 15) is 0 Å². The van der Waals surface area contributed by atoms with Gasteiger partial charge in [0, 0.05) is 5.02 Å². The Morgan fingerprint density at radius 3 is 2.57 bits per heavy atom. The highest BCUT2D eigenvalue weighted by molar-refractivity contribution is 6.30. The van der Waals surface area contributed by atoms with Crippen molar-refractivity contribution in [2.24, 2.45) is 0 Å². The smallest absolute Gasteiger partial charge is 0.230 e. The van der Waals surface area contributed by atoms with Crippen molar-refractivity contribution in [3.63, 3.8) is 0 Å². The van der Waals surface area contributed by atoms with Gasteiger partial charge in [0.05, 0.1) is 6.54 Å². The van der Waals surface area contributed by atoms with Crippen molar-refractivity contribution in [1.29, 1.82) is 0 Å². The minimum atomic E-state index is 0.786. The van der Waals surface area contributed by atoms with Crippen molar-refractivity contribution in [2.75, 3.05) is 0 Å². The maximum Gasteiger partial charge on any atom is 0.245 e. The second-order valence-corrected chi connectivity index (χ2v) is 5.84. The molecule has 1 aromatic heterocycles. The largest absolute Gasteiger partial charge is 0.245 e. The molecular weight excluding hydrogens is 280 g/mol. The fourth-order valence-electron chi connectivity index (χ4n) is 2.66. The summed E-state index contributed by atoms with van der Waals surface area (Å²) < 4.78 is 4.67. The Morgan fingerprint density at radius 2 is 1.81 bits per heavy atom. The van der Waals surface area contributed by atoms with E-state index in [4.69, 9.17) is 11.6 Å². The van der Waals surface area contributed by atoms with Crippen LogP contribution >= 0.6 is 11.6 Å². The highest BCUT2D eigenvalue weighted by Gasteiger charge is 2.14. The van der Waals surface area contributed by atoms with Crippen molar-refractivity contribution >= 4 is 22.6 Å². The number of aromatic nitrogens is 2. The molecule has 0 saturated carbocycles. The van der Waals surface area contributed by atoms with Crippen LogP contribution in [0.15, 0.2) is 54.9 Å². The molecule has 0 radical (unpaired) electrons. The molecule has 3 heteroatoms. The van der Waals surface area contributed by atoms with Crippen LogP contribution in [0.25, 0.3) is 11.0 Å². The van der Waals surface area contributed by atoms with E-state index in [1.807, 2.05) is 12.1 Å². The lowest BCUT2D eigenvalue weighted by Crippen LogP contribution is -2.32. The van der Waals surface area contributed by atoms with Gasteiger partial charge in [-0.25, -0.2) is 9.13 Å². The number of hydrogen-bond acceptors (Lipinski definition) is 0. The van der Waals surface area contributed by atoms with E-state index >= 15 is 0 Å². The van der Waals surface area contributed by atoms with E-state index in [0.29, 0.717) is 0 Å². The van der Waals surface area contributed by atoms with Crippen molar-refractivity contribution in [1.82, 2.24) is 4.57 Å². The number of benzene rings is 2. The summed E-state index contributed by atoms with van der Waals surface area (Å²) in [6, 6.07) is 16.7. The van der Waals surface area contributed by atoms with Crippen LogP contribution in [0.5, 0.6) is 0 Å². The monoisotopic (exact) mass is 299 g/mol. The summed E-state index contributed by atoms with van der Waals surface area (Å²) in [5, 5.41) is 0.786. The molecule has 2 aromatic carbocycles. The minimum absolute atomic E-state index is 0.786. The first-order valence-electron chi connectivity index (χ1n) is 7.49. The summed E-state index contributed by atoms with van der Waals surface area (Å²) in [4.78, 5) is 0. The summed E-state index contributed by atoms with van der Waals surface area (Å²) in [6.07, 6.45) is 4.65. The topological polar surface area (TPSA) is 8.81 Å². The molecule has 0 bridgehead atoms. The average Bonchev–Trinajstić information content (AvgIpc) is 2.86. The quantitative estimate of drug-likeness (QED) is 0.616. The van der Waals surface area contributed by atoms with Gasteiger partial charge in [0.15, 0.2) is 11.0 Å². The van der Waals surface area contributed by atoms with Gasteiger partial charge in [-0.05, 0) is 36.2 Å². The molecule has 3 aromatic rings. The molecule has 0 unspecified atom stereocenters. The number of aryl methyl sites for hydroxylation is 1. The first kappa shape index (κ1) is 14.2. The lowest BCUT2D eigenvalue weighted by Gasteiger charge is -1.99. The average molecular weight is 300 g/mol. The van der Waals surface area contributed by atoms with Crippen LogP contribution in [0.3, 0.4) is 0 Å². The third-order valence-corrected chi connectivity index (χ3v) is 4.05. The van der Waals surface area contributed by atoms with Crippen LogP contribution in [0.4, 0.5) is 0 Å². The lowest BCUT2D eigenvalue weighted by molar-refractivity contribution is -0.663. The number of rotatable bonds is 5. The summed E-state index contributed by atoms with van der Waals surface area (Å²) in [7, 11) is 0. The molecule has 0 atom stereocenters. The van der Waals surface area contributed by atoms with E-state index < -0.39 is 0 Å². The molecule has 108 valence electrons. The molecule has 0 fully saturated rings. The Morgan fingerprint density at radius 1 is 1.05 bits per heavy atom. The van der Waals surface area contributed by atoms with Crippen molar-refractivity contribution in [3.8, 4) is 0 Å². The fourth-order valence-corrected chi connectivity index (χ4v) is 2.79. The molecule has 2 nitrogen and oxygen atoms in total. The molecule has 3 rings (SSSR count). The SMILES string of the molecule is CCCCn1c[n+](Cc2ccc(Cl)cc2)c2ccccc21. The maximum absolute atomic E-state index is 5.96. The molecular formula is C18H20ClN2+. The number of unbranched alkanes of at least 4 members (excludes halogenated alkanes) is 1. The number of para-hydroxylation sites is 2. The van der Waals surface area contributed by atoms with Gasteiger partial charge >= 0.3 is 0 Å². The van der Waals surface area contributed by atoms with Crippen LogP contribution in [0.2, 0.25) is 5.02 Å². The normalized spacial score (nSPS) is 11.1. The van der Waals surface area contributed by atoms with Gasteiger partial charge in [0.2, 0.25) is 6.33 Å². The summed E-state index contributed by atoms with van der Waals surface area (Å²) >= 11 is 5.96. The van der Waals surface area contributed by atoms with Gasteiger partial charge in [0.25, 0.3) is 0 Å². The molecule has 0 N–H and O–H groups in total. The van der Waals surface area contributed by atoms with Crippen LogP contribution < -0.4 is 4.57 Å². The van der Waals surface area contributed by atoms with Crippen LogP contribution in [0.1, 0.15) is 25.3 Å². The van der Waals surface area contributed by atoms with E-state index in [1.54, 1.807) is 0 Å². The zero-order valence-electron chi connectivity index (χ0n) is 12.3. The predicted molar refractivity (Wildman–Crippen MR) is 87.6 cm³/mol. The minimum Gasteiger partial charge on any atom is -0.230 e. The van der Waals surface area contributed by atoms with Crippen molar-refractivity contribution in [3.05, 3.63) is 65.4 Å². The maximum atomic E-state index is 5.96. The second-order valence-electron chi connectivity index (χ2n) is 5.41. The Hall–Kier alpha value is -1.80. The predicted octanol–water partition coefficient (Wildman–Crippen LogP) is 4.43. The van der Waals surface area contributed by atoms with Crippen LogP contribution in [0, 0.1) is 0 Å². The van der Waals surface area contributed by atoms with Gasteiger partial charge in [-0.2, -0.15) is 0 Å². The van der Waals surface area contributed by atoms with E-state index in [-0.39, 0.29) is 0 Å². The molecule has 0 saturated heterocycles. The molecule has 21 heavy (non-hydrogen) atoms. The van der Waals surface area contributed by atoms with E-state index in [1.165, 1.54) is 29.4 Å². The molecule has 0 aliphatic carbocycles. The molecule has 0 amide bonds. The van der Waals surface area contributed by atoms with Gasteiger partial charge in [-0.1, -0.05) is 49.2 Å². The Labute approximate surface area is 130 Å². The summed E-state index contributed by atoms with van der Waals surface area (Å²) in [5.74, 6) is 0. The molecule has 0 spiro atoms. The van der Waals surface area contributed by atoms with Crippen LogP contribution in [-0.2, 0) is 13.1 Å². The highest BCUT2D eigenvalue weighted by Crippen LogP contribution is 2.14. The van der Waals surface area contributed by atoms with Gasteiger partial charge in [0.1, 0.15) is 6.54 Å².